The highest BCUT2D eigenvalue weighted by molar-refractivity contribution is 9.26. The van der Waals surface area contributed by atoms with Gasteiger partial charge in [0, 0.05) is 10.2 Å². The third-order valence-corrected chi connectivity index (χ3v) is 15.7. The number of benzene rings is 3. The van der Waals surface area contributed by atoms with Gasteiger partial charge in [0.2, 0.25) is 0 Å². The van der Waals surface area contributed by atoms with Crippen molar-refractivity contribution in [2.75, 3.05) is 14.2 Å². The van der Waals surface area contributed by atoms with Gasteiger partial charge in [-0.2, -0.15) is 0 Å². The van der Waals surface area contributed by atoms with Crippen LogP contribution in [0.3, 0.4) is 0 Å². The SMILES string of the molecule is CCCc1cc(OC)c(OC)c(C)c1[SiH3].c1ccc2sc(SSSSc3nc4ccccc4s3)nc2c1. The molecule has 0 spiro atoms. The number of ether oxygens (including phenoxy) is 2. The zero-order valence-electron chi connectivity index (χ0n) is 21.3. The average Bonchev–Trinajstić information content (AvgIpc) is 3.53. The molecule has 0 aliphatic carbocycles. The van der Waals surface area contributed by atoms with Crippen molar-refractivity contribution in [1.29, 1.82) is 0 Å². The number of rotatable bonds is 9. The number of para-hydroxylation sites is 2. The van der Waals surface area contributed by atoms with E-state index in [1.54, 1.807) is 78.1 Å². The topological polar surface area (TPSA) is 44.2 Å². The van der Waals surface area contributed by atoms with Gasteiger partial charge in [-0.1, -0.05) is 42.8 Å². The van der Waals surface area contributed by atoms with Crippen LogP contribution in [-0.2, 0) is 6.42 Å². The number of hydrogen-bond donors (Lipinski definition) is 0. The molecule has 2 aromatic heterocycles. The van der Waals surface area contributed by atoms with Crippen molar-refractivity contribution in [2.45, 2.75) is 35.4 Å². The Bertz CT molecular complexity index is 1330. The summed E-state index contributed by atoms with van der Waals surface area (Å²) in [5.41, 5.74) is 4.82. The van der Waals surface area contributed by atoms with Gasteiger partial charge < -0.3 is 9.47 Å². The summed E-state index contributed by atoms with van der Waals surface area (Å²) in [4.78, 5) is 9.23. The minimum atomic E-state index is 0.859. The molecular weight excluding hydrogens is 593 g/mol. The van der Waals surface area contributed by atoms with Crippen LogP contribution in [0.25, 0.3) is 20.4 Å². The molecule has 0 atom stereocenters. The summed E-state index contributed by atoms with van der Waals surface area (Å²) in [5.74, 6) is 1.75. The summed E-state index contributed by atoms with van der Waals surface area (Å²) in [6.45, 7) is 4.32. The van der Waals surface area contributed by atoms with Crippen LogP contribution >= 0.6 is 63.9 Å². The van der Waals surface area contributed by atoms with Gasteiger partial charge in [-0.25, -0.2) is 9.97 Å². The second-order valence-electron chi connectivity index (χ2n) is 7.97. The molecule has 0 aliphatic heterocycles. The molecule has 194 valence electrons. The van der Waals surface area contributed by atoms with Gasteiger partial charge in [-0.15, -0.1) is 22.7 Å². The quantitative estimate of drug-likeness (QED) is 0.0934. The second kappa shape index (κ2) is 14.2. The van der Waals surface area contributed by atoms with E-state index >= 15 is 0 Å². The first-order valence-corrected chi connectivity index (χ1v) is 19.1. The molecule has 0 unspecified atom stereocenters. The molecule has 0 saturated carbocycles. The van der Waals surface area contributed by atoms with E-state index < -0.39 is 0 Å². The summed E-state index contributed by atoms with van der Waals surface area (Å²) in [6, 6.07) is 18.6. The maximum absolute atomic E-state index is 5.38. The van der Waals surface area contributed by atoms with E-state index in [0.29, 0.717) is 0 Å². The molecule has 2 heterocycles. The fourth-order valence-corrected chi connectivity index (χ4v) is 12.9. The third-order valence-electron chi connectivity index (χ3n) is 5.64. The molecule has 0 fully saturated rings. The summed E-state index contributed by atoms with van der Waals surface area (Å²) in [7, 11) is 11.4. The fraction of sp³-hybridized carbons (Fsp3) is 0.231. The first-order chi connectivity index (χ1) is 18.0. The van der Waals surface area contributed by atoms with Gasteiger partial charge in [0.1, 0.15) is 0 Å². The molecule has 4 nitrogen and oxygen atoms in total. The lowest BCUT2D eigenvalue weighted by atomic mass is 10.1. The Kier molecular flexibility index (Phi) is 11.0. The van der Waals surface area contributed by atoms with Crippen LogP contribution in [-0.4, -0.2) is 34.4 Å². The largest absolute Gasteiger partial charge is 0.493 e. The molecule has 0 saturated heterocycles. The van der Waals surface area contributed by atoms with Crippen LogP contribution in [0, 0.1) is 6.92 Å². The monoisotopic (exact) mass is 620 g/mol. The third kappa shape index (κ3) is 7.40. The summed E-state index contributed by atoms with van der Waals surface area (Å²) < 4.78 is 15.4. The molecule has 5 rings (SSSR count). The highest BCUT2D eigenvalue weighted by Crippen LogP contribution is 2.51. The molecule has 3 aromatic carbocycles. The number of aryl methyl sites for hydroxylation is 1. The van der Waals surface area contributed by atoms with Gasteiger partial charge >= 0.3 is 0 Å². The predicted molar refractivity (Wildman–Crippen MR) is 174 cm³/mol. The smallest absolute Gasteiger partial charge is 0.163 e. The van der Waals surface area contributed by atoms with Crippen molar-refractivity contribution in [3.8, 4) is 11.5 Å². The first-order valence-electron chi connectivity index (χ1n) is 11.6. The Morgan fingerprint density at radius 2 is 1.38 bits per heavy atom. The number of nitrogens with zero attached hydrogens (tertiary/aromatic N) is 2. The zero-order valence-corrected chi connectivity index (χ0v) is 28.2. The van der Waals surface area contributed by atoms with Gasteiger partial charge in [-0.05, 0) is 96.0 Å². The Morgan fingerprint density at radius 3 is 1.84 bits per heavy atom. The van der Waals surface area contributed by atoms with E-state index in [2.05, 4.69) is 66.3 Å². The highest BCUT2D eigenvalue weighted by atomic mass is 33.7. The fourth-order valence-electron chi connectivity index (χ4n) is 3.72. The molecule has 0 aliphatic rings. The van der Waals surface area contributed by atoms with E-state index in [1.165, 1.54) is 32.1 Å². The minimum absolute atomic E-state index is 0.859. The molecule has 0 radical (unpaired) electrons. The van der Waals surface area contributed by atoms with Crippen molar-refractivity contribution < 1.29 is 9.47 Å². The summed E-state index contributed by atoms with van der Waals surface area (Å²) in [6.07, 6.45) is 2.30. The molecule has 37 heavy (non-hydrogen) atoms. The summed E-state index contributed by atoms with van der Waals surface area (Å²) in [5, 5.41) is 1.45. The normalized spacial score (nSPS) is 11.0. The molecule has 0 bridgehead atoms. The molecule has 0 amide bonds. The lowest BCUT2D eigenvalue weighted by Crippen LogP contribution is -2.16. The highest BCUT2D eigenvalue weighted by Gasteiger charge is 2.13. The van der Waals surface area contributed by atoms with Gasteiger partial charge in [-0.3, -0.25) is 0 Å². The van der Waals surface area contributed by atoms with Crippen LogP contribution in [0.1, 0.15) is 24.5 Å². The molecule has 5 aromatic rings. The summed E-state index contributed by atoms with van der Waals surface area (Å²) >= 11 is 3.49. The van der Waals surface area contributed by atoms with Gasteiger partial charge in [0.05, 0.1) is 34.7 Å². The van der Waals surface area contributed by atoms with Crippen molar-refractivity contribution in [3.63, 3.8) is 0 Å². The standard InChI is InChI=1S/C14H8N2S6.C12H20O2Si/c1-3-7-11-9(5-1)15-13(17-11)19-21-22-20-14-16-10-6-2-4-8-12(10)18-14;1-5-6-9-7-10(13-3)11(14-4)8(2)12(9)15/h1-8H;7H,5-6H2,1-4,15H3. The van der Waals surface area contributed by atoms with E-state index in [-0.39, 0.29) is 0 Å². The van der Waals surface area contributed by atoms with E-state index in [9.17, 15) is 0 Å². The average molecular weight is 621 g/mol. The maximum atomic E-state index is 5.38. The molecule has 11 heteroatoms. The number of aromatic nitrogens is 2. The number of hydrogen-bond acceptors (Lipinski definition) is 10. The van der Waals surface area contributed by atoms with Crippen LogP contribution in [0.5, 0.6) is 11.5 Å². The van der Waals surface area contributed by atoms with E-state index in [1.807, 2.05) is 12.1 Å². The Morgan fingerprint density at radius 1 is 0.838 bits per heavy atom. The number of thiazole rings is 2. The van der Waals surface area contributed by atoms with Crippen LogP contribution < -0.4 is 14.7 Å². The first kappa shape index (κ1) is 28.7. The van der Waals surface area contributed by atoms with Crippen molar-refractivity contribution in [2.24, 2.45) is 0 Å². The molecular formula is C26H28N2O2S6Si. The number of fused-ring (bicyclic) bond motifs is 2. The Hall–Kier alpha value is -1.34. The zero-order chi connectivity index (χ0) is 26.2. The molecule has 0 N–H and O–H groups in total. The van der Waals surface area contributed by atoms with Crippen molar-refractivity contribution >= 4 is 99.8 Å². The van der Waals surface area contributed by atoms with Crippen LogP contribution in [0.4, 0.5) is 0 Å². The van der Waals surface area contributed by atoms with Crippen molar-refractivity contribution in [1.82, 2.24) is 9.97 Å². The number of methoxy groups -OCH3 is 2. The lowest BCUT2D eigenvalue weighted by molar-refractivity contribution is 0.353. The second-order valence-corrected chi connectivity index (χ2v) is 17.2. The van der Waals surface area contributed by atoms with Crippen LogP contribution in [0.2, 0.25) is 0 Å². The van der Waals surface area contributed by atoms with Gasteiger partial charge in [0.25, 0.3) is 0 Å². The van der Waals surface area contributed by atoms with Crippen molar-refractivity contribution in [3.05, 3.63) is 65.7 Å². The van der Waals surface area contributed by atoms with Crippen LogP contribution in [0.15, 0.2) is 63.3 Å². The maximum Gasteiger partial charge on any atom is 0.163 e. The Balaban J connectivity index is 0.000000188. The Labute approximate surface area is 244 Å². The lowest BCUT2D eigenvalue weighted by Gasteiger charge is -2.16. The van der Waals surface area contributed by atoms with E-state index in [4.69, 9.17) is 9.47 Å². The predicted octanol–water partition coefficient (Wildman–Crippen LogP) is 7.96. The van der Waals surface area contributed by atoms with Gasteiger partial charge in [0.15, 0.2) is 20.2 Å². The minimum Gasteiger partial charge on any atom is -0.493 e. The van der Waals surface area contributed by atoms with E-state index in [0.717, 1.165) is 47.9 Å².